The molecule has 0 saturated carbocycles. The van der Waals surface area contributed by atoms with Crippen LogP contribution < -0.4 is 5.32 Å². The molecule has 1 amide bonds. The van der Waals surface area contributed by atoms with Crippen molar-refractivity contribution in [2.24, 2.45) is 0 Å². The Balaban J connectivity index is 2.30. The van der Waals surface area contributed by atoms with Crippen molar-refractivity contribution in [3.05, 3.63) is 0 Å². The third-order valence-electron chi connectivity index (χ3n) is 4.81. The van der Waals surface area contributed by atoms with Crippen molar-refractivity contribution in [3.8, 4) is 0 Å². The molecule has 0 aliphatic carbocycles. The maximum absolute atomic E-state index is 11.6. The van der Waals surface area contributed by atoms with E-state index in [-0.39, 0.29) is 0 Å². The highest BCUT2D eigenvalue weighted by atomic mass is 16.7. The number of hydrogen-bond acceptors (Lipinski definition) is 11. The summed E-state index contributed by atoms with van der Waals surface area (Å²) in [5.74, 6) is -1.98. The van der Waals surface area contributed by atoms with Gasteiger partial charge < -0.3 is 54.5 Å². The zero-order valence-corrected chi connectivity index (χ0v) is 16.1. The van der Waals surface area contributed by atoms with Gasteiger partial charge in [-0.05, 0) is 0 Å². The molecule has 0 aromatic carbocycles. The number of rotatable bonds is 7. The molecular weight excluding hydrogens is 398 g/mol. The Kier molecular flexibility index (Phi) is 8.28. The van der Waals surface area contributed by atoms with Crippen molar-refractivity contribution in [2.75, 3.05) is 20.8 Å². The fourth-order valence-electron chi connectivity index (χ4n) is 3.39. The maximum atomic E-state index is 11.6. The second-order valence-electron chi connectivity index (χ2n) is 6.72. The summed E-state index contributed by atoms with van der Waals surface area (Å²) in [4.78, 5) is 23.0. The maximum Gasteiger partial charge on any atom is 0.335 e. The van der Waals surface area contributed by atoms with E-state index in [4.69, 9.17) is 23.7 Å². The number of hydrogen-bond donors (Lipinski definition) is 6. The number of carboxylic acid groups (broad SMARTS) is 1. The Morgan fingerprint density at radius 2 is 1.62 bits per heavy atom. The molecule has 2 fully saturated rings. The summed E-state index contributed by atoms with van der Waals surface area (Å²) in [6.45, 7) is 0.585. The first-order valence-electron chi connectivity index (χ1n) is 8.83. The molecule has 10 atom stereocenters. The molecule has 2 heterocycles. The highest BCUT2D eigenvalue weighted by Gasteiger charge is 2.53. The van der Waals surface area contributed by atoms with Crippen LogP contribution >= 0.6 is 0 Å². The lowest BCUT2D eigenvalue weighted by atomic mass is 9.95. The molecule has 6 N–H and O–H groups in total. The molecule has 2 saturated heterocycles. The zero-order valence-electron chi connectivity index (χ0n) is 16.1. The largest absolute Gasteiger partial charge is 0.479 e. The van der Waals surface area contributed by atoms with Crippen molar-refractivity contribution in [2.45, 2.75) is 68.3 Å². The molecule has 2 aliphatic rings. The topological polar surface area (TPSA) is 193 Å². The summed E-state index contributed by atoms with van der Waals surface area (Å²) in [5.41, 5.74) is 0. The Morgan fingerprint density at radius 1 is 0.966 bits per heavy atom. The van der Waals surface area contributed by atoms with Gasteiger partial charge in [0.2, 0.25) is 5.91 Å². The number of ether oxygens (including phenoxy) is 5. The fourth-order valence-corrected chi connectivity index (χ4v) is 3.39. The van der Waals surface area contributed by atoms with Gasteiger partial charge >= 0.3 is 5.97 Å². The molecule has 168 valence electrons. The molecule has 0 radical (unpaired) electrons. The lowest BCUT2D eigenvalue weighted by Gasteiger charge is -2.47. The van der Waals surface area contributed by atoms with Gasteiger partial charge in [-0.1, -0.05) is 0 Å². The fraction of sp³-hybridized carbons (Fsp3) is 0.875. The summed E-state index contributed by atoms with van der Waals surface area (Å²) < 4.78 is 26.3. The molecule has 13 nitrogen and oxygen atoms in total. The van der Waals surface area contributed by atoms with E-state index in [1.54, 1.807) is 0 Å². The summed E-state index contributed by atoms with van der Waals surface area (Å²) in [6.07, 6.45) is -13.3. The van der Waals surface area contributed by atoms with Crippen LogP contribution in [-0.4, -0.2) is 120 Å². The van der Waals surface area contributed by atoms with Crippen molar-refractivity contribution < 1.29 is 58.8 Å². The number of methoxy groups -OCH3 is 2. The van der Waals surface area contributed by atoms with Gasteiger partial charge in [-0.15, -0.1) is 0 Å². The standard InChI is InChI=1S/C16H27NO12/c1-5(19)17-7-11(8(20)6(4-18)27-15(7)26-3)28-16-10(22)9(21)12(25-2)13(29-16)14(23)24/h6-13,15-16,18,20-22H,4H2,1-3H3,(H,17,19)(H,23,24)/t6?,7?,8-,9+,10?,11+,12-,13?,15+,16+/m0/s1. The molecule has 4 unspecified atom stereocenters. The number of aliphatic hydroxyl groups is 4. The van der Waals surface area contributed by atoms with E-state index < -0.39 is 79.8 Å². The quantitative estimate of drug-likeness (QED) is 0.233. The predicted octanol–water partition coefficient (Wildman–Crippen LogP) is -3.85. The third kappa shape index (κ3) is 5.02. The average molecular weight is 425 g/mol. The van der Waals surface area contributed by atoms with Crippen molar-refractivity contribution in [1.29, 1.82) is 0 Å². The summed E-state index contributed by atoms with van der Waals surface area (Å²) in [5, 5.41) is 52.3. The Morgan fingerprint density at radius 3 is 2.10 bits per heavy atom. The minimum absolute atomic E-state index is 0.517. The third-order valence-corrected chi connectivity index (χ3v) is 4.81. The number of carbonyl (C=O) groups excluding carboxylic acids is 1. The highest BCUT2D eigenvalue weighted by Crippen LogP contribution is 2.30. The van der Waals surface area contributed by atoms with E-state index in [2.05, 4.69) is 5.32 Å². The average Bonchev–Trinajstić information content (AvgIpc) is 2.67. The van der Waals surface area contributed by atoms with Crippen molar-refractivity contribution in [1.82, 2.24) is 5.32 Å². The van der Waals surface area contributed by atoms with Crippen molar-refractivity contribution in [3.63, 3.8) is 0 Å². The van der Waals surface area contributed by atoms with Gasteiger partial charge in [0.15, 0.2) is 18.7 Å². The van der Waals surface area contributed by atoms with Crippen LogP contribution in [0.3, 0.4) is 0 Å². The first-order valence-corrected chi connectivity index (χ1v) is 8.83. The molecule has 0 aromatic rings. The Hall–Kier alpha value is -1.42. The van der Waals surface area contributed by atoms with Gasteiger partial charge in [-0.25, -0.2) is 4.79 Å². The molecule has 2 rings (SSSR count). The van der Waals surface area contributed by atoms with Gasteiger partial charge in [-0.3, -0.25) is 4.79 Å². The van der Waals surface area contributed by atoms with Crippen LogP contribution in [0, 0.1) is 0 Å². The van der Waals surface area contributed by atoms with Crippen LogP contribution in [0.15, 0.2) is 0 Å². The zero-order chi connectivity index (χ0) is 21.9. The second-order valence-corrected chi connectivity index (χ2v) is 6.72. The van der Waals surface area contributed by atoms with E-state index in [1.165, 1.54) is 14.0 Å². The van der Waals surface area contributed by atoms with Crippen LogP contribution in [0.2, 0.25) is 0 Å². The SMILES string of the molecule is CO[C@@H]1OC(CO)[C@H](O)[C@H](O[C@@H]2OC(C(=O)O)[C@@H](OC)[C@H](O)C2O)C1NC(C)=O. The summed E-state index contributed by atoms with van der Waals surface area (Å²) in [7, 11) is 2.41. The number of carboxylic acids is 1. The first kappa shape index (κ1) is 23.9. The molecular formula is C16H27NO12. The number of carbonyl (C=O) groups is 2. The van der Waals surface area contributed by atoms with E-state index in [1.807, 2.05) is 0 Å². The van der Waals surface area contributed by atoms with Crippen LogP contribution in [0.4, 0.5) is 0 Å². The van der Waals surface area contributed by atoms with E-state index >= 15 is 0 Å². The number of aliphatic hydroxyl groups excluding tert-OH is 4. The Bertz CT molecular complexity index is 576. The van der Waals surface area contributed by atoms with Gasteiger partial charge in [0.05, 0.1) is 6.61 Å². The second kappa shape index (κ2) is 10.1. The normalized spacial score (nSPS) is 43.0. The predicted molar refractivity (Wildman–Crippen MR) is 90.3 cm³/mol. The van der Waals surface area contributed by atoms with Gasteiger partial charge in [0.1, 0.15) is 42.7 Å². The Labute approximate surface area is 166 Å². The molecule has 0 aromatic heterocycles. The van der Waals surface area contributed by atoms with Crippen molar-refractivity contribution >= 4 is 11.9 Å². The van der Waals surface area contributed by atoms with Crippen LogP contribution in [0.1, 0.15) is 6.92 Å². The first-order chi connectivity index (χ1) is 13.7. The van der Waals surface area contributed by atoms with Crippen LogP contribution in [-0.2, 0) is 33.3 Å². The van der Waals surface area contributed by atoms with E-state index in [0.29, 0.717) is 0 Å². The summed E-state index contributed by atoms with van der Waals surface area (Å²) in [6, 6.07) is -1.10. The van der Waals surface area contributed by atoms with E-state index in [0.717, 1.165) is 7.11 Å². The van der Waals surface area contributed by atoms with Crippen LogP contribution in [0.5, 0.6) is 0 Å². The molecule has 0 bridgehead atoms. The monoisotopic (exact) mass is 425 g/mol. The molecule has 0 spiro atoms. The molecule has 29 heavy (non-hydrogen) atoms. The minimum Gasteiger partial charge on any atom is -0.479 e. The van der Waals surface area contributed by atoms with Gasteiger partial charge in [0, 0.05) is 21.1 Å². The number of aliphatic carboxylic acids is 1. The number of nitrogens with one attached hydrogen (secondary N) is 1. The molecule has 2 aliphatic heterocycles. The van der Waals surface area contributed by atoms with Gasteiger partial charge in [-0.2, -0.15) is 0 Å². The number of amides is 1. The minimum atomic E-state index is -1.74. The molecule has 13 heteroatoms. The smallest absolute Gasteiger partial charge is 0.335 e. The lowest BCUT2D eigenvalue weighted by molar-refractivity contribution is -0.339. The van der Waals surface area contributed by atoms with Gasteiger partial charge in [0.25, 0.3) is 0 Å². The van der Waals surface area contributed by atoms with Crippen LogP contribution in [0.25, 0.3) is 0 Å². The lowest BCUT2D eigenvalue weighted by Crippen LogP contribution is -2.68. The van der Waals surface area contributed by atoms with E-state index in [9.17, 15) is 35.1 Å². The summed E-state index contributed by atoms with van der Waals surface area (Å²) >= 11 is 0. The highest BCUT2D eigenvalue weighted by molar-refractivity contribution is 5.73.